The Morgan fingerprint density at radius 2 is 2.00 bits per heavy atom. The van der Waals surface area contributed by atoms with Crippen molar-refractivity contribution in [3.63, 3.8) is 0 Å². The lowest BCUT2D eigenvalue weighted by Crippen LogP contribution is -2.15. The van der Waals surface area contributed by atoms with E-state index in [4.69, 9.17) is 0 Å². The molecule has 0 amide bonds. The van der Waals surface area contributed by atoms with Crippen molar-refractivity contribution in [3.8, 4) is 0 Å². The molecule has 7 heteroatoms. The highest BCUT2D eigenvalue weighted by Crippen LogP contribution is 2.23. The molecule has 21 heavy (non-hydrogen) atoms. The third-order valence-corrected chi connectivity index (χ3v) is 3.39. The van der Waals surface area contributed by atoms with Crippen molar-refractivity contribution in [3.05, 3.63) is 23.5 Å². The summed E-state index contributed by atoms with van der Waals surface area (Å²) in [5, 5.41) is 14.6. The van der Waals surface area contributed by atoms with Crippen LogP contribution in [0.1, 0.15) is 43.5 Å². The van der Waals surface area contributed by atoms with Gasteiger partial charge in [0.1, 0.15) is 23.8 Å². The van der Waals surface area contributed by atoms with Crippen LogP contribution in [0.15, 0.2) is 6.33 Å². The smallest absolute Gasteiger partial charge is 0.154 e. The SMILES string of the molecule is CCCc1nc(NC)c(C)c(NC(C)c2nncn2C)n1. The molecular formula is C14H23N7. The van der Waals surface area contributed by atoms with Gasteiger partial charge in [0.15, 0.2) is 5.82 Å². The molecule has 0 aliphatic rings. The lowest BCUT2D eigenvalue weighted by atomic mass is 10.2. The summed E-state index contributed by atoms with van der Waals surface area (Å²) in [6.45, 7) is 6.18. The van der Waals surface area contributed by atoms with E-state index in [1.165, 1.54) is 0 Å². The predicted molar refractivity (Wildman–Crippen MR) is 83.4 cm³/mol. The standard InChI is InChI=1S/C14H23N7/c1-6-7-11-18-12(15-4)9(2)13(19-11)17-10(3)14-20-16-8-21(14)5/h8,10H,6-7H2,1-5H3,(H2,15,17,18,19). The molecule has 1 unspecified atom stereocenters. The fourth-order valence-electron chi connectivity index (χ4n) is 2.24. The summed E-state index contributed by atoms with van der Waals surface area (Å²) in [5.74, 6) is 3.42. The van der Waals surface area contributed by atoms with Crippen LogP contribution in [-0.2, 0) is 13.5 Å². The number of hydrogen-bond donors (Lipinski definition) is 2. The van der Waals surface area contributed by atoms with Gasteiger partial charge in [-0.25, -0.2) is 9.97 Å². The quantitative estimate of drug-likeness (QED) is 0.847. The van der Waals surface area contributed by atoms with Gasteiger partial charge in [-0.15, -0.1) is 10.2 Å². The fraction of sp³-hybridized carbons (Fsp3) is 0.571. The van der Waals surface area contributed by atoms with Crippen molar-refractivity contribution >= 4 is 11.6 Å². The highest BCUT2D eigenvalue weighted by atomic mass is 15.3. The van der Waals surface area contributed by atoms with Gasteiger partial charge in [0.25, 0.3) is 0 Å². The largest absolute Gasteiger partial charge is 0.373 e. The zero-order valence-electron chi connectivity index (χ0n) is 13.3. The van der Waals surface area contributed by atoms with E-state index in [2.05, 4.69) is 37.7 Å². The third-order valence-electron chi connectivity index (χ3n) is 3.39. The monoisotopic (exact) mass is 289 g/mol. The molecule has 1 atom stereocenters. The average Bonchev–Trinajstić information content (AvgIpc) is 2.88. The maximum Gasteiger partial charge on any atom is 0.154 e. The zero-order valence-corrected chi connectivity index (χ0v) is 13.3. The molecule has 0 aliphatic carbocycles. The van der Waals surface area contributed by atoms with E-state index in [-0.39, 0.29) is 6.04 Å². The Morgan fingerprint density at radius 3 is 2.57 bits per heavy atom. The Hall–Kier alpha value is -2.18. The number of aromatic nitrogens is 5. The second kappa shape index (κ2) is 6.51. The average molecular weight is 289 g/mol. The minimum absolute atomic E-state index is 0.0188. The van der Waals surface area contributed by atoms with Gasteiger partial charge in [-0.3, -0.25) is 0 Å². The van der Waals surface area contributed by atoms with Crippen molar-refractivity contribution in [2.75, 3.05) is 17.7 Å². The Kier molecular flexibility index (Phi) is 4.72. The minimum Gasteiger partial charge on any atom is -0.373 e. The second-order valence-corrected chi connectivity index (χ2v) is 5.13. The lowest BCUT2D eigenvalue weighted by Gasteiger charge is -2.17. The fourth-order valence-corrected chi connectivity index (χ4v) is 2.24. The molecule has 2 N–H and O–H groups in total. The van der Waals surface area contributed by atoms with Gasteiger partial charge in [0.05, 0.1) is 6.04 Å². The maximum atomic E-state index is 4.63. The minimum atomic E-state index is 0.0188. The first-order valence-electron chi connectivity index (χ1n) is 7.22. The molecule has 0 fully saturated rings. The van der Waals surface area contributed by atoms with E-state index in [0.29, 0.717) is 0 Å². The molecule has 2 aromatic rings. The van der Waals surface area contributed by atoms with E-state index < -0.39 is 0 Å². The maximum absolute atomic E-state index is 4.63. The van der Waals surface area contributed by atoms with E-state index >= 15 is 0 Å². The molecule has 0 bridgehead atoms. The molecule has 0 saturated heterocycles. The summed E-state index contributed by atoms with van der Waals surface area (Å²) < 4.78 is 1.90. The second-order valence-electron chi connectivity index (χ2n) is 5.13. The van der Waals surface area contributed by atoms with Crippen molar-refractivity contribution in [1.29, 1.82) is 0 Å². The molecular weight excluding hydrogens is 266 g/mol. The summed E-state index contributed by atoms with van der Waals surface area (Å²) in [4.78, 5) is 9.16. The molecule has 2 aromatic heterocycles. The topological polar surface area (TPSA) is 80.5 Å². The molecule has 2 heterocycles. The van der Waals surface area contributed by atoms with E-state index in [1.54, 1.807) is 6.33 Å². The van der Waals surface area contributed by atoms with Gasteiger partial charge < -0.3 is 15.2 Å². The molecule has 7 nitrogen and oxygen atoms in total. The highest BCUT2D eigenvalue weighted by molar-refractivity contribution is 5.57. The van der Waals surface area contributed by atoms with Crippen LogP contribution in [-0.4, -0.2) is 31.8 Å². The molecule has 114 valence electrons. The summed E-state index contributed by atoms with van der Waals surface area (Å²) >= 11 is 0. The van der Waals surface area contributed by atoms with Crippen molar-refractivity contribution in [2.24, 2.45) is 7.05 Å². The van der Waals surface area contributed by atoms with Crippen LogP contribution in [0.4, 0.5) is 11.6 Å². The van der Waals surface area contributed by atoms with Crippen LogP contribution < -0.4 is 10.6 Å². The Bertz CT molecular complexity index is 605. The zero-order chi connectivity index (χ0) is 15.4. The number of rotatable bonds is 6. The summed E-state index contributed by atoms with van der Waals surface area (Å²) in [6.07, 6.45) is 3.58. The van der Waals surface area contributed by atoms with Gasteiger partial charge in [-0.1, -0.05) is 6.92 Å². The molecule has 0 aromatic carbocycles. The van der Waals surface area contributed by atoms with Crippen LogP contribution >= 0.6 is 0 Å². The predicted octanol–water partition coefficient (Wildman–Crippen LogP) is 2.08. The molecule has 0 radical (unpaired) electrons. The first-order chi connectivity index (χ1) is 10.1. The van der Waals surface area contributed by atoms with Gasteiger partial charge in [-0.05, 0) is 20.3 Å². The number of aryl methyl sites for hydroxylation is 2. The van der Waals surface area contributed by atoms with Crippen molar-refractivity contribution in [1.82, 2.24) is 24.7 Å². The third kappa shape index (κ3) is 3.29. The van der Waals surface area contributed by atoms with Crippen LogP contribution in [0.25, 0.3) is 0 Å². The molecule has 0 spiro atoms. The van der Waals surface area contributed by atoms with Crippen LogP contribution in [0.3, 0.4) is 0 Å². The molecule has 0 saturated carbocycles. The molecule has 2 rings (SSSR count). The Labute approximate surface area is 125 Å². The highest BCUT2D eigenvalue weighted by Gasteiger charge is 2.15. The Balaban J connectivity index is 2.30. The Morgan fingerprint density at radius 1 is 1.29 bits per heavy atom. The first kappa shape index (κ1) is 15.2. The van der Waals surface area contributed by atoms with Crippen LogP contribution in [0.5, 0.6) is 0 Å². The van der Waals surface area contributed by atoms with E-state index in [9.17, 15) is 0 Å². The van der Waals surface area contributed by atoms with Gasteiger partial charge >= 0.3 is 0 Å². The summed E-state index contributed by atoms with van der Waals surface area (Å²) in [5.41, 5.74) is 1.01. The van der Waals surface area contributed by atoms with Crippen LogP contribution in [0, 0.1) is 6.92 Å². The number of anilines is 2. The van der Waals surface area contributed by atoms with E-state index in [1.807, 2.05) is 32.5 Å². The first-order valence-corrected chi connectivity index (χ1v) is 7.22. The van der Waals surface area contributed by atoms with Gasteiger partial charge in [0.2, 0.25) is 0 Å². The van der Waals surface area contributed by atoms with Crippen molar-refractivity contribution in [2.45, 2.75) is 39.7 Å². The van der Waals surface area contributed by atoms with Crippen LogP contribution in [0.2, 0.25) is 0 Å². The van der Waals surface area contributed by atoms with Gasteiger partial charge in [0, 0.05) is 26.1 Å². The number of nitrogens with one attached hydrogen (secondary N) is 2. The normalized spacial score (nSPS) is 12.2. The van der Waals surface area contributed by atoms with Crippen molar-refractivity contribution < 1.29 is 0 Å². The summed E-state index contributed by atoms with van der Waals surface area (Å²) in [6, 6.07) is 0.0188. The van der Waals surface area contributed by atoms with E-state index in [0.717, 1.165) is 41.7 Å². The lowest BCUT2D eigenvalue weighted by molar-refractivity contribution is 0.712. The number of hydrogen-bond acceptors (Lipinski definition) is 6. The number of nitrogens with zero attached hydrogens (tertiary/aromatic N) is 5. The summed E-state index contributed by atoms with van der Waals surface area (Å²) in [7, 11) is 3.81. The molecule has 0 aliphatic heterocycles. The van der Waals surface area contributed by atoms with Gasteiger partial charge in [-0.2, -0.15) is 0 Å².